The summed E-state index contributed by atoms with van der Waals surface area (Å²) >= 11 is 5.08. The summed E-state index contributed by atoms with van der Waals surface area (Å²) in [4.78, 5) is 11.4. The summed E-state index contributed by atoms with van der Waals surface area (Å²) < 4.78 is 22.5. The Bertz CT molecular complexity index is 961. The minimum absolute atomic E-state index is 0.00461. The highest BCUT2D eigenvalue weighted by molar-refractivity contribution is 7.89. The number of phenols is 2. The van der Waals surface area contributed by atoms with Gasteiger partial charge in [0.15, 0.2) is 16.6 Å². The van der Waals surface area contributed by atoms with Crippen molar-refractivity contribution in [1.29, 1.82) is 0 Å². The number of thiocarbonyl (C=S) groups is 1. The van der Waals surface area contributed by atoms with Gasteiger partial charge in [-0.25, -0.2) is 18.4 Å². The quantitative estimate of drug-likeness (QED) is 0.297. The molecule has 0 unspecified atom stereocenters. The van der Waals surface area contributed by atoms with Gasteiger partial charge < -0.3 is 26.0 Å². The third kappa shape index (κ3) is 5.81. The standard InChI is InChI=1S/C16H17N3O6S2/c17-27(24,25)11-4-2-10(3-5-11)18-16(26)19-12(15(22)23)7-9-1-6-13(20)14(21)8-9/h1-6,8,12,20-21H,7H2,(H,22,23)(H2,17,24,25)(H2,18,19,26)/t12-/m0/s1. The maximum absolute atomic E-state index is 11.5. The van der Waals surface area contributed by atoms with Crippen molar-refractivity contribution in [3.63, 3.8) is 0 Å². The molecule has 0 aromatic heterocycles. The molecular formula is C16H17N3O6S2. The zero-order valence-electron chi connectivity index (χ0n) is 13.8. The molecular weight excluding hydrogens is 394 g/mol. The Kier molecular flexibility index (Phi) is 6.20. The zero-order valence-corrected chi connectivity index (χ0v) is 15.4. The van der Waals surface area contributed by atoms with Crippen LogP contribution in [0.15, 0.2) is 47.4 Å². The number of primary sulfonamides is 1. The van der Waals surface area contributed by atoms with Gasteiger partial charge in [0.05, 0.1) is 4.90 Å². The van der Waals surface area contributed by atoms with Gasteiger partial charge in [0, 0.05) is 12.1 Å². The van der Waals surface area contributed by atoms with Crippen LogP contribution in [0, 0.1) is 0 Å². The Morgan fingerprint density at radius 2 is 1.74 bits per heavy atom. The van der Waals surface area contributed by atoms with Gasteiger partial charge in [0.2, 0.25) is 10.0 Å². The number of aromatic hydroxyl groups is 2. The second kappa shape index (κ2) is 8.20. The summed E-state index contributed by atoms with van der Waals surface area (Å²) in [5.41, 5.74) is 0.914. The van der Waals surface area contributed by atoms with Crippen LogP contribution in [0.4, 0.5) is 5.69 Å². The third-order valence-electron chi connectivity index (χ3n) is 3.52. The van der Waals surface area contributed by atoms with Crippen molar-refractivity contribution in [2.24, 2.45) is 5.14 Å². The van der Waals surface area contributed by atoms with Crippen molar-refractivity contribution in [1.82, 2.24) is 5.32 Å². The lowest BCUT2D eigenvalue weighted by Gasteiger charge is -2.18. The van der Waals surface area contributed by atoms with Crippen molar-refractivity contribution >= 4 is 39.0 Å². The highest BCUT2D eigenvalue weighted by Crippen LogP contribution is 2.25. The number of phenolic OH excluding ortho intramolecular Hbond substituents is 2. The molecule has 7 N–H and O–H groups in total. The average molecular weight is 411 g/mol. The highest BCUT2D eigenvalue weighted by Gasteiger charge is 2.19. The maximum Gasteiger partial charge on any atom is 0.326 e. The molecule has 1 atom stereocenters. The summed E-state index contributed by atoms with van der Waals surface area (Å²) in [5, 5.41) is 38.6. The molecule has 0 fully saturated rings. The Morgan fingerprint density at radius 1 is 1.11 bits per heavy atom. The predicted octanol–water partition coefficient (Wildman–Crippen LogP) is 0.727. The van der Waals surface area contributed by atoms with Crippen molar-refractivity contribution in [3.05, 3.63) is 48.0 Å². The first-order chi connectivity index (χ1) is 12.6. The van der Waals surface area contributed by atoms with Crippen LogP contribution < -0.4 is 15.8 Å². The topological polar surface area (TPSA) is 162 Å². The fourth-order valence-corrected chi connectivity index (χ4v) is 2.96. The minimum atomic E-state index is -3.81. The summed E-state index contributed by atoms with van der Waals surface area (Å²) in [6.07, 6.45) is -0.00461. The molecule has 0 saturated heterocycles. The summed E-state index contributed by atoms with van der Waals surface area (Å²) in [7, 11) is -3.81. The van der Waals surface area contributed by atoms with Crippen molar-refractivity contribution < 1.29 is 28.5 Å². The number of sulfonamides is 1. The van der Waals surface area contributed by atoms with Crippen molar-refractivity contribution in [2.45, 2.75) is 17.4 Å². The molecule has 27 heavy (non-hydrogen) atoms. The molecule has 0 aliphatic heterocycles. The van der Waals surface area contributed by atoms with Gasteiger partial charge in [-0.2, -0.15) is 0 Å². The fourth-order valence-electron chi connectivity index (χ4n) is 2.19. The van der Waals surface area contributed by atoms with Gasteiger partial charge in [-0.15, -0.1) is 0 Å². The fraction of sp³-hybridized carbons (Fsp3) is 0.125. The Balaban J connectivity index is 2.04. The van der Waals surface area contributed by atoms with E-state index in [-0.39, 0.29) is 27.9 Å². The molecule has 0 saturated carbocycles. The smallest absolute Gasteiger partial charge is 0.326 e. The monoisotopic (exact) mass is 411 g/mol. The lowest BCUT2D eigenvalue weighted by Crippen LogP contribution is -2.44. The van der Waals surface area contributed by atoms with E-state index in [9.17, 15) is 28.5 Å². The van der Waals surface area contributed by atoms with Crippen LogP contribution in [0.5, 0.6) is 11.5 Å². The summed E-state index contributed by atoms with van der Waals surface area (Å²) in [6, 6.07) is 8.33. The molecule has 2 rings (SSSR count). The van der Waals surface area contributed by atoms with E-state index >= 15 is 0 Å². The van der Waals surface area contributed by atoms with E-state index in [4.69, 9.17) is 17.4 Å². The van der Waals surface area contributed by atoms with Crippen LogP contribution in [0.2, 0.25) is 0 Å². The van der Waals surface area contributed by atoms with E-state index in [1.807, 2.05) is 0 Å². The van der Waals surface area contributed by atoms with E-state index in [0.29, 0.717) is 11.3 Å². The zero-order chi connectivity index (χ0) is 20.2. The largest absolute Gasteiger partial charge is 0.504 e. The van der Waals surface area contributed by atoms with Gasteiger partial charge in [-0.3, -0.25) is 0 Å². The second-order valence-corrected chi connectivity index (χ2v) is 7.56. The number of benzene rings is 2. The van der Waals surface area contributed by atoms with Crippen LogP contribution in [-0.2, 0) is 21.2 Å². The molecule has 144 valence electrons. The van der Waals surface area contributed by atoms with Gasteiger partial charge in [0.25, 0.3) is 0 Å². The molecule has 0 heterocycles. The van der Waals surface area contributed by atoms with E-state index < -0.39 is 22.0 Å². The van der Waals surface area contributed by atoms with Crippen LogP contribution in [0.3, 0.4) is 0 Å². The number of carboxylic acid groups (broad SMARTS) is 1. The van der Waals surface area contributed by atoms with Crippen LogP contribution in [-0.4, -0.2) is 40.9 Å². The number of hydrogen-bond donors (Lipinski definition) is 6. The maximum atomic E-state index is 11.5. The number of nitrogens with one attached hydrogen (secondary N) is 2. The number of hydrogen-bond acceptors (Lipinski definition) is 6. The van der Waals surface area contributed by atoms with Crippen LogP contribution in [0.1, 0.15) is 5.56 Å². The van der Waals surface area contributed by atoms with E-state index in [1.165, 1.54) is 42.5 Å². The normalized spacial score (nSPS) is 12.2. The third-order valence-corrected chi connectivity index (χ3v) is 4.67. The molecule has 2 aromatic carbocycles. The van der Waals surface area contributed by atoms with Gasteiger partial charge in [0.1, 0.15) is 6.04 Å². The highest BCUT2D eigenvalue weighted by atomic mass is 32.2. The van der Waals surface area contributed by atoms with Crippen LogP contribution in [0.25, 0.3) is 0 Å². The van der Waals surface area contributed by atoms with Gasteiger partial charge >= 0.3 is 5.97 Å². The lowest BCUT2D eigenvalue weighted by molar-refractivity contribution is -0.139. The average Bonchev–Trinajstić information content (AvgIpc) is 2.57. The SMILES string of the molecule is NS(=O)(=O)c1ccc(NC(=S)N[C@@H](Cc2ccc(O)c(O)c2)C(=O)O)cc1. The number of nitrogens with two attached hydrogens (primary N) is 1. The first-order valence-electron chi connectivity index (χ1n) is 7.50. The first-order valence-corrected chi connectivity index (χ1v) is 9.46. The second-order valence-electron chi connectivity index (χ2n) is 5.59. The van der Waals surface area contributed by atoms with Crippen LogP contribution >= 0.6 is 12.2 Å². The van der Waals surface area contributed by atoms with Crippen molar-refractivity contribution in [2.75, 3.05) is 5.32 Å². The number of aliphatic carboxylic acids is 1. The predicted molar refractivity (Wildman–Crippen MR) is 102 cm³/mol. The first kappa shape index (κ1) is 20.4. The van der Waals surface area contributed by atoms with Gasteiger partial charge in [-0.05, 0) is 54.2 Å². The molecule has 0 spiro atoms. The Labute approximate surface area is 160 Å². The Morgan fingerprint density at radius 3 is 2.26 bits per heavy atom. The number of anilines is 1. The molecule has 0 radical (unpaired) electrons. The molecule has 2 aromatic rings. The summed E-state index contributed by atoms with van der Waals surface area (Å²) in [6.45, 7) is 0. The number of rotatable bonds is 6. The molecule has 0 aliphatic rings. The lowest BCUT2D eigenvalue weighted by atomic mass is 10.1. The van der Waals surface area contributed by atoms with E-state index in [1.54, 1.807) is 0 Å². The summed E-state index contributed by atoms with van der Waals surface area (Å²) in [5.74, 6) is -1.83. The number of carbonyl (C=O) groups is 1. The Hall–Kier alpha value is -2.89. The molecule has 9 nitrogen and oxygen atoms in total. The van der Waals surface area contributed by atoms with Crippen molar-refractivity contribution in [3.8, 4) is 11.5 Å². The minimum Gasteiger partial charge on any atom is -0.504 e. The van der Waals surface area contributed by atoms with E-state index in [2.05, 4.69) is 10.6 Å². The molecule has 0 amide bonds. The number of carboxylic acids is 1. The molecule has 11 heteroatoms. The molecule has 0 bridgehead atoms. The van der Waals surface area contributed by atoms with Gasteiger partial charge in [-0.1, -0.05) is 6.07 Å². The van der Waals surface area contributed by atoms with E-state index in [0.717, 1.165) is 0 Å². The molecule has 0 aliphatic carbocycles.